The molecule has 1 aliphatic heterocycles. The number of aryl methyl sites for hydroxylation is 2. The predicted octanol–water partition coefficient (Wildman–Crippen LogP) is 3.61. The van der Waals surface area contributed by atoms with Crippen molar-refractivity contribution in [3.05, 3.63) is 53.0 Å². The van der Waals surface area contributed by atoms with Gasteiger partial charge in [-0.3, -0.25) is 0 Å². The first-order valence-corrected chi connectivity index (χ1v) is 8.22. The molecule has 1 aliphatic rings. The fourth-order valence-corrected chi connectivity index (χ4v) is 3.02. The SMILES string of the molecule is Cc1ccc2c(c1)OCCCC2NCC(C)(O)c1ccc(C)o1. The van der Waals surface area contributed by atoms with Crippen molar-refractivity contribution < 1.29 is 14.3 Å². The van der Waals surface area contributed by atoms with Crippen molar-refractivity contribution in [1.82, 2.24) is 5.32 Å². The van der Waals surface area contributed by atoms with Crippen LogP contribution in [0.25, 0.3) is 0 Å². The lowest BCUT2D eigenvalue weighted by molar-refractivity contribution is 0.0305. The van der Waals surface area contributed by atoms with Gasteiger partial charge in [-0.1, -0.05) is 12.1 Å². The van der Waals surface area contributed by atoms with Gasteiger partial charge in [0, 0.05) is 18.2 Å². The monoisotopic (exact) mass is 315 g/mol. The van der Waals surface area contributed by atoms with E-state index >= 15 is 0 Å². The Hall–Kier alpha value is -1.78. The Balaban J connectivity index is 1.75. The van der Waals surface area contributed by atoms with Gasteiger partial charge >= 0.3 is 0 Å². The number of rotatable bonds is 4. The number of nitrogens with one attached hydrogen (secondary N) is 1. The molecular weight excluding hydrogens is 290 g/mol. The van der Waals surface area contributed by atoms with Crippen molar-refractivity contribution in [3.8, 4) is 5.75 Å². The van der Waals surface area contributed by atoms with Gasteiger partial charge in [0.15, 0.2) is 0 Å². The molecule has 0 saturated heterocycles. The van der Waals surface area contributed by atoms with Crippen LogP contribution in [0.2, 0.25) is 0 Å². The minimum absolute atomic E-state index is 0.177. The summed E-state index contributed by atoms with van der Waals surface area (Å²) in [5, 5.41) is 14.2. The van der Waals surface area contributed by atoms with E-state index in [2.05, 4.69) is 30.4 Å². The predicted molar refractivity (Wildman–Crippen MR) is 89.7 cm³/mol. The molecule has 0 spiro atoms. The third-order valence-electron chi connectivity index (χ3n) is 4.40. The van der Waals surface area contributed by atoms with Crippen molar-refractivity contribution in [2.45, 2.75) is 45.3 Å². The number of furan rings is 1. The summed E-state index contributed by atoms with van der Waals surface area (Å²) >= 11 is 0. The average molecular weight is 315 g/mol. The third kappa shape index (κ3) is 3.59. The topological polar surface area (TPSA) is 54.6 Å². The summed E-state index contributed by atoms with van der Waals surface area (Å²) in [7, 11) is 0. The average Bonchev–Trinajstić information content (AvgIpc) is 2.85. The molecule has 2 atom stereocenters. The molecule has 1 aromatic carbocycles. The molecule has 2 heterocycles. The Kier molecular flexibility index (Phi) is 4.46. The standard InChI is InChI=1S/C19H25NO3/c1-13-6-8-15-16(5-4-10-22-17(15)11-13)20-12-19(3,21)18-9-7-14(2)23-18/h6-9,11,16,20-21H,4-5,10,12H2,1-3H3. The highest BCUT2D eigenvalue weighted by molar-refractivity contribution is 5.40. The second-order valence-electron chi connectivity index (χ2n) is 6.65. The molecule has 23 heavy (non-hydrogen) atoms. The number of ether oxygens (including phenoxy) is 1. The second-order valence-corrected chi connectivity index (χ2v) is 6.65. The molecule has 2 unspecified atom stereocenters. The van der Waals surface area contributed by atoms with Crippen LogP contribution in [0.15, 0.2) is 34.7 Å². The Bertz CT molecular complexity index is 675. The highest BCUT2D eigenvalue weighted by atomic mass is 16.5. The van der Waals surface area contributed by atoms with Crippen LogP contribution < -0.4 is 10.1 Å². The zero-order valence-corrected chi connectivity index (χ0v) is 14.1. The van der Waals surface area contributed by atoms with Gasteiger partial charge in [0.25, 0.3) is 0 Å². The molecule has 4 nitrogen and oxygen atoms in total. The zero-order chi connectivity index (χ0) is 16.4. The molecule has 0 radical (unpaired) electrons. The van der Waals surface area contributed by atoms with Crippen LogP contribution in [-0.4, -0.2) is 18.3 Å². The maximum atomic E-state index is 10.7. The highest BCUT2D eigenvalue weighted by Gasteiger charge is 2.29. The molecule has 2 N–H and O–H groups in total. The Morgan fingerprint density at radius 3 is 2.83 bits per heavy atom. The number of aliphatic hydroxyl groups is 1. The van der Waals surface area contributed by atoms with Gasteiger partial charge in [-0.15, -0.1) is 0 Å². The molecule has 124 valence electrons. The van der Waals surface area contributed by atoms with Crippen molar-refractivity contribution in [3.63, 3.8) is 0 Å². The lowest BCUT2D eigenvalue weighted by atomic mass is 9.98. The molecule has 1 aromatic heterocycles. The van der Waals surface area contributed by atoms with Gasteiger partial charge in [-0.05, 0) is 57.4 Å². The molecule has 2 aromatic rings. The van der Waals surface area contributed by atoms with E-state index in [1.807, 2.05) is 19.1 Å². The number of fused-ring (bicyclic) bond motifs is 1. The summed E-state index contributed by atoms with van der Waals surface area (Å²) in [6, 6.07) is 10.2. The van der Waals surface area contributed by atoms with Gasteiger partial charge in [-0.2, -0.15) is 0 Å². The molecule has 0 saturated carbocycles. The van der Waals surface area contributed by atoms with E-state index < -0.39 is 5.60 Å². The Morgan fingerprint density at radius 1 is 1.26 bits per heavy atom. The zero-order valence-electron chi connectivity index (χ0n) is 14.1. The first kappa shape index (κ1) is 16.1. The fourth-order valence-electron chi connectivity index (χ4n) is 3.02. The van der Waals surface area contributed by atoms with Crippen LogP contribution in [0.3, 0.4) is 0 Å². The summed E-state index contributed by atoms with van der Waals surface area (Å²) in [6.07, 6.45) is 1.98. The maximum absolute atomic E-state index is 10.7. The second kappa shape index (κ2) is 6.38. The van der Waals surface area contributed by atoms with Gasteiger partial charge in [-0.25, -0.2) is 0 Å². The summed E-state index contributed by atoms with van der Waals surface area (Å²) in [5.74, 6) is 2.36. The van der Waals surface area contributed by atoms with E-state index in [9.17, 15) is 5.11 Å². The highest BCUT2D eigenvalue weighted by Crippen LogP contribution is 2.33. The van der Waals surface area contributed by atoms with Gasteiger partial charge in [0.2, 0.25) is 0 Å². The van der Waals surface area contributed by atoms with E-state index in [1.54, 1.807) is 6.92 Å². The molecule has 0 bridgehead atoms. The maximum Gasteiger partial charge on any atom is 0.136 e. The number of hydrogen-bond acceptors (Lipinski definition) is 4. The molecule has 0 amide bonds. The molecule has 0 aliphatic carbocycles. The van der Waals surface area contributed by atoms with Crippen LogP contribution in [0.1, 0.15) is 48.5 Å². The molecule has 0 fully saturated rings. The van der Waals surface area contributed by atoms with Crippen LogP contribution >= 0.6 is 0 Å². The molecule has 3 rings (SSSR count). The van der Waals surface area contributed by atoms with E-state index in [-0.39, 0.29) is 6.04 Å². The van der Waals surface area contributed by atoms with Gasteiger partial charge in [0.05, 0.1) is 6.61 Å². The van der Waals surface area contributed by atoms with E-state index in [1.165, 1.54) is 11.1 Å². The summed E-state index contributed by atoms with van der Waals surface area (Å²) in [6.45, 7) is 6.90. The Labute approximate surface area is 137 Å². The number of benzene rings is 1. The van der Waals surface area contributed by atoms with Crippen molar-refractivity contribution in [1.29, 1.82) is 0 Å². The van der Waals surface area contributed by atoms with E-state index in [0.29, 0.717) is 12.3 Å². The third-order valence-corrected chi connectivity index (χ3v) is 4.40. The lowest BCUT2D eigenvalue weighted by Gasteiger charge is -2.26. The van der Waals surface area contributed by atoms with Crippen LogP contribution in [0.5, 0.6) is 5.75 Å². The summed E-state index contributed by atoms with van der Waals surface area (Å²) in [5.41, 5.74) is 1.33. The number of hydrogen-bond donors (Lipinski definition) is 2. The van der Waals surface area contributed by atoms with E-state index in [4.69, 9.17) is 9.15 Å². The summed E-state index contributed by atoms with van der Waals surface area (Å²) in [4.78, 5) is 0. The lowest BCUT2D eigenvalue weighted by Crippen LogP contribution is -2.37. The normalized spacial score (nSPS) is 20.3. The van der Waals surface area contributed by atoms with Crippen LogP contribution in [0, 0.1) is 13.8 Å². The van der Waals surface area contributed by atoms with Crippen molar-refractivity contribution in [2.24, 2.45) is 0 Å². The minimum atomic E-state index is -1.04. The first-order chi connectivity index (χ1) is 11.0. The first-order valence-electron chi connectivity index (χ1n) is 8.22. The minimum Gasteiger partial charge on any atom is -0.493 e. The smallest absolute Gasteiger partial charge is 0.136 e. The van der Waals surface area contributed by atoms with Gasteiger partial charge in [0.1, 0.15) is 22.9 Å². The van der Waals surface area contributed by atoms with Crippen molar-refractivity contribution in [2.75, 3.05) is 13.2 Å². The van der Waals surface area contributed by atoms with Crippen LogP contribution in [-0.2, 0) is 5.60 Å². The quantitative estimate of drug-likeness (QED) is 0.905. The van der Waals surface area contributed by atoms with Crippen molar-refractivity contribution >= 4 is 0 Å². The molecule has 4 heteroatoms. The van der Waals surface area contributed by atoms with E-state index in [0.717, 1.165) is 31.0 Å². The fraction of sp³-hybridized carbons (Fsp3) is 0.474. The largest absolute Gasteiger partial charge is 0.493 e. The Morgan fingerprint density at radius 2 is 2.09 bits per heavy atom. The van der Waals surface area contributed by atoms with Gasteiger partial charge < -0.3 is 19.6 Å². The molecular formula is C19H25NO3. The van der Waals surface area contributed by atoms with Crippen LogP contribution in [0.4, 0.5) is 0 Å². The summed E-state index contributed by atoms with van der Waals surface area (Å²) < 4.78 is 11.4.